The third-order valence-corrected chi connectivity index (χ3v) is 3.68. The summed E-state index contributed by atoms with van der Waals surface area (Å²) in [7, 11) is 0. The van der Waals surface area contributed by atoms with Crippen molar-refractivity contribution in [3.05, 3.63) is 65.2 Å². The molecule has 2 aromatic carbocycles. The molecule has 0 bridgehead atoms. The Morgan fingerprint density at radius 2 is 1.77 bits per heavy atom. The number of anilines is 1. The van der Waals surface area contributed by atoms with Gasteiger partial charge in [-0.15, -0.1) is 0 Å². The third kappa shape index (κ3) is 6.05. The van der Waals surface area contributed by atoms with Gasteiger partial charge in [-0.3, -0.25) is 14.4 Å². The number of hydrogen-bond acceptors (Lipinski definition) is 4. The van der Waals surface area contributed by atoms with Crippen molar-refractivity contribution < 1.29 is 19.1 Å². The molecule has 0 unspecified atom stereocenters. The molecule has 6 heteroatoms. The maximum atomic E-state index is 11.9. The van der Waals surface area contributed by atoms with Crippen molar-refractivity contribution in [3.63, 3.8) is 0 Å². The Morgan fingerprint density at radius 3 is 2.42 bits per heavy atom. The van der Waals surface area contributed by atoms with Crippen molar-refractivity contribution in [2.45, 2.75) is 20.3 Å². The lowest BCUT2D eigenvalue weighted by atomic mass is 10.1. The van der Waals surface area contributed by atoms with Crippen molar-refractivity contribution in [1.82, 2.24) is 5.32 Å². The Balaban J connectivity index is 1.72. The highest BCUT2D eigenvalue weighted by Crippen LogP contribution is 2.09. The highest BCUT2D eigenvalue weighted by Gasteiger charge is 2.11. The van der Waals surface area contributed by atoms with Gasteiger partial charge in [0.15, 0.2) is 6.61 Å². The van der Waals surface area contributed by atoms with Gasteiger partial charge in [0.2, 0.25) is 0 Å². The van der Waals surface area contributed by atoms with E-state index in [1.807, 2.05) is 32.0 Å². The zero-order valence-electron chi connectivity index (χ0n) is 14.9. The molecular weight excluding hydrogens is 332 g/mol. The molecule has 0 aliphatic rings. The van der Waals surface area contributed by atoms with Crippen LogP contribution >= 0.6 is 0 Å². The van der Waals surface area contributed by atoms with Crippen LogP contribution in [-0.2, 0) is 20.7 Å². The van der Waals surface area contributed by atoms with Crippen LogP contribution in [0.4, 0.5) is 5.69 Å². The van der Waals surface area contributed by atoms with E-state index in [0.29, 0.717) is 11.3 Å². The fourth-order valence-corrected chi connectivity index (χ4v) is 2.26. The standard InChI is InChI=1S/C20H22N2O4/c1-3-15-7-9-17(10-8-15)22-18(23)13-26-19(24)12-21-20(25)16-6-4-5-14(2)11-16/h4-11H,3,12-13H2,1-2H3,(H,21,25)(H,22,23). The van der Waals surface area contributed by atoms with Gasteiger partial charge in [-0.05, 0) is 43.2 Å². The first-order chi connectivity index (χ1) is 12.5. The zero-order valence-corrected chi connectivity index (χ0v) is 14.9. The van der Waals surface area contributed by atoms with Gasteiger partial charge in [0.1, 0.15) is 6.54 Å². The van der Waals surface area contributed by atoms with Gasteiger partial charge in [0.25, 0.3) is 11.8 Å². The molecule has 0 saturated heterocycles. The minimum atomic E-state index is -0.678. The van der Waals surface area contributed by atoms with Gasteiger partial charge < -0.3 is 15.4 Å². The van der Waals surface area contributed by atoms with E-state index >= 15 is 0 Å². The van der Waals surface area contributed by atoms with Crippen LogP contribution in [0, 0.1) is 6.92 Å². The molecule has 26 heavy (non-hydrogen) atoms. The van der Waals surface area contributed by atoms with Gasteiger partial charge in [-0.25, -0.2) is 0 Å². The van der Waals surface area contributed by atoms with Crippen LogP contribution < -0.4 is 10.6 Å². The van der Waals surface area contributed by atoms with Crippen molar-refractivity contribution in [1.29, 1.82) is 0 Å². The molecule has 2 amide bonds. The van der Waals surface area contributed by atoms with Crippen LogP contribution in [-0.4, -0.2) is 30.9 Å². The fraction of sp³-hybridized carbons (Fsp3) is 0.250. The molecule has 0 saturated carbocycles. The van der Waals surface area contributed by atoms with Crippen LogP contribution in [0.15, 0.2) is 48.5 Å². The Bertz CT molecular complexity index is 785. The van der Waals surface area contributed by atoms with Gasteiger partial charge in [-0.1, -0.05) is 36.8 Å². The molecule has 2 N–H and O–H groups in total. The van der Waals surface area contributed by atoms with E-state index in [4.69, 9.17) is 4.74 Å². The molecule has 136 valence electrons. The lowest BCUT2D eigenvalue weighted by Gasteiger charge is -2.08. The Kier molecular flexibility index (Phi) is 6.91. The number of amides is 2. The van der Waals surface area contributed by atoms with E-state index in [2.05, 4.69) is 10.6 Å². The number of carbonyl (C=O) groups is 3. The van der Waals surface area contributed by atoms with Crippen LogP contribution in [0.5, 0.6) is 0 Å². The molecule has 2 aromatic rings. The number of rotatable bonds is 7. The molecule has 6 nitrogen and oxygen atoms in total. The lowest BCUT2D eigenvalue weighted by molar-refractivity contribution is -0.146. The second-order valence-electron chi connectivity index (χ2n) is 5.81. The van der Waals surface area contributed by atoms with E-state index in [-0.39, 0.29) is 12.5 Å². The predicted molar refractivity (Wildman–Crippen MR) is 98.9 cm³/mol. The van der Waals surface area contributed by atoms with Crippen LogP contribution in [0.25, 0.3) is 0 Å². The van der Waals surface area contributed by atoms with Crippen molar-refractivity contribution >= 4 is 23.5 Å². The number of aryl methyl sites for hydroxylation is 2. The first kappa shape index (κ1) is 19.2. The average molecular weight is 354 g/mol. The molecule has 0 aliphatic carbocycles. The number of benzene rings is 2. The maximum Gasteiger partial charge on any atom is 0.325 e. The molecule has 0 aliphatic heterocycles. The summed E-state index contributed by atoms with van der Waals surface area (Å²) >= 11 is 0. The summed E-state index contributed by atoms with van der Waals surface area (Å²) in [5, 5.41) is 5.11. The van der Waals surface area contributed by atoms with Gasteiger partial charge in [-0.2, -0.15) is 0 Å². The highest BCUT2D eigenvalue weighted by molar-refractivity contribution is 5.96. The first-order valence-corrected chi connectivity index (χ1v) is 8.37. The Labute approximate surface area is 152 Å². The van der Waals surface area contributed by atoms with Gasteiger partial charge >= 0.3 is 5.97 Å². The molecule has 0 radical (unpaired) electrons. The highest BCUT2D eigenvalue weighted by atomic mass is 16.5. The lowest BCUT2D eigenvalue weighted by Crippen LogP contribution is -2.32. The largest absolute Gasteiger partial charge is 0.454 e. The smallest absolute Gasteiger partial charge is 0.325 e. The molecular formula is C20H22N2O4. The number of nitrogens with one attached hydrogen (secondary N) is 2. The minimum Gasteiger partial charge on any atom is -0.454 e. The zero-order chi connectivity index (χ0) is 18.9. The van der Waals surface area contributed by atoms with E-state index in [0.717, 1.165) is 12.0 Å². The van der Waals surface area contributed by atoms with E-state index < -0.39 is 18.5 Å². The molecule has 0 heterocycles. The molecule has 0 fully saturated rings. The van der Waals surface area contributed by atoms with Crippen LogP contribution in [0.2, 0.25) is 0 Å². The van der Waals surface area contributed by atoms with Crippen LogP contribution in [0.3, 0.4) is 0 Å². The molecule has 0 spiro atoms. The summed E-state index contributed by atoms with van der Waals surface area (Å²) in [4.78, 5) is 35.4. The average Bonchev–Trinajstić information content (AvgIpc) is 2.65. The predicted octanol–water partition coefficient (Wildman–Crippen LogP) is 2.47. The summed E-state index contributed by atoms with van der Waals surface area (Å²) in [6.07, 6.45) is 0.917. The number of ether oxygens (including phenoxy) is 1. The minimum absolute atomic E-state index is 0.300. The molecule has 0 atom stereocenters. The maximum absolute atomic E-state index is 11.9. The third-order valence-electron chi connectivity index (χ3n) is 3.68. The fourth-order valence-electron chi connectivity index (χ4n) is 2.26. The summed E-state index contributed by atoms with van der Waals surface area (Å²) < 4.78 is 4.87. The summed E-state index contributed by atoms with van der Waals surface area (Å²) in [6.45, 7) is 3.21. The number of esters is 1. The monoisotopic (exact) mass is 354 g/mol. The van der Waals surface area contributed by atoms with Crippen molar-refractivity contribution in [2.75, 3.05) is 18.5 Å². The summed E-state index contributed by atoms with van der Waals surface area (Å²) in [5.41, 5.74) is 3.21. The van der Waals surface area contributed by atoms with E-state index in [9.17, 15) is 14.4 Å². The van der Waals surface area contributed by atoms with Crippen molar-refractivity contribution in [2.24, 2.45) is 0 Å². The van der Waals surface area contributed by atoms with Gasteiger partial charge in [0, 0.05) is 11.3 Å². The number of hydrogen-bond donors (Lipinski definition) is 2. The quantitative estimate of drug-likeness (QED) is 0.748. The van der Waals surface area contributed by atoms with E-state index in [1.54, 1.807) is 30.3 Å². The summed E-state index contributed by atoms with van der Waals surface area (Å²) in [5.74, 6) is -1.48. The second kappa shape index (κ2) is 9.36. The number of carbonyl (C=O) groups excluding carboxylic acids is 3. The van der Waals surface area contributed by atoms with E-state index in [1.165, 1.54) is 5.56 Å². The molecule has 0 aromatic heterocycles. The molecule has 2 rings (SSSR count). The van der Waals surface area contributed by atoms with Crippen LogP contribution in [0.1, 0.15) is 28.4 Å². The first-order valence-electron chi connectivity index (χ1n) is 8.37. The summed E-state index contributed by atoms with van der Waals surface area (Å²) in [6, 6.07) is 14.4. The topological polar surface area (TPSA) is 84.5 Å². The Morgan fingerprint density at radius 1 is 1.04 bits per heavy atom. The Hall–Kier alpha value is -3.15. The van der Waals surface area contributed by atoms with Gasteiger partial charge in [0.05, 0.1) is 0 Å². The SMILES string of the molecule is CCc1ccc(NC(=O)COC(=O)CNC(=O)c2cccc(C)c2)cc1. The van der Waals surface area contributed by atoms with Crippen molar-refractivity contribution in [3.8, 4) is 0 Å². The normalized spacial score (nSPS) is 10.1. The second-order valence-corrected chi connectivity index (χ2v) is 5.81.